The van der Waals surface area contributed by atoms with Crippen LogP contribution in [0.5, 0.6) is 0 Å². The number of aromatic nitrogens is 2. The predicted octanol–water partition coefficient (Wildman–Crippen LogP) is 2.27. The van der Waals surface area contributed by atoms with Crippen LogP contribution in [0.1, 0.15) is 29.3 Å². The topological polar surface area (TPSA) is 66.9 Å². The summed E-state index contributed by atoms with van der Waals surface area (Å²) in [6, 6.07) is 10.1. The summed E-state index contributed by atoms with van der Waals surface area (Å²) in [4.78, 5) is 20.2. The van der Waals surface area contributed by atoms with Crippen molar-refractivity contribution >= 4 is 11.9 Å². The van der Waals surface area contributed by atoms with E-state index in [2.05, 4.69) is 27.5 Å². The number of hydrogen-bond donors (Lipinski definition) is 2. The number of carbonyl (C=O) groups is 1. The Morgan fingerprint density at radius 1 is 1.10 bits per heavy atom. The normalized spacial score (nSPS) is 10.1. The Labute approximate surface area is 124 Å². The Bertz CT molecular complexity index is 554. The molecule has 0 fully saturated rings. The van der Waals surface area contributed by atoms with Crippen LogP contribution in [-0.2, 0) is 6.42 Å². The van der Waals surface area contributed by atoms with E-state index in [9.17, 15) is 4.79 Å². The molecule has 2 aromatic rings. The van der Waals surface area contributed by atoms with Crippen molar-refractivity contribution < 1.29 is 4.79 Å². The Kier molecular flexibility index (Phi) is 5.70. The summed E-state index contributed by atoms with van der Waals surface area (Å²) in [5, 5.41) is 5.94. The van der Waals surface area contributed by atoms with E-state index in [1.807, 2.05) is 30.3 Å². The zero-order chi connectivity index (χ0) is 14.9. The minimum atomic E-state index is -0.145. The highest BCUT2D eigenvalue weighted by Crippen LogP contribution is 2.01. The molecular formula is C16H20N4O. The first-order chi connectivity index (χ1) is 10.3. The fraction of sp³-hybridized carbons (Fsp3) is 0.312. The van der Waals surface area contributed by atoms with E-state index in [1.54, 1.807) is 12.4 Å². The number of nitrogens with zero attached hydrogens (tertiary/aromatic N) is 2. The first-order valence-corrected chi connectivity index (χ1v) is 7.17. The van der Waals surface area contributed by atoms with Crippen molar-refractivity contribution in [1.82, 2.24) is 15.3 Å². The average molecular weight is 284 g/mol. The van der Waals surface area contributed by atoms with Crippen molar-refractivity contribution in [2.24, 2.45) is 0 Å². The second-order valence-electron chi connectivity index (χ2n) is 4.71. The van der Waals surface area contributed by atoms with Gasteiger partial charge in [-0.25, -0.2) is 9.97 Å². The molecule has 2 N–H and O–H groups in total. The maximum atomic E-state index is 11.9. The minimum Gasteiger partial charge on any atom is -0.354 e. The maximum Gasteiger partial charge on any atom is 0.254 e. The van der Waals surface area contributed by atoms with Gasteiger partial charge in [-0.3, -0.25) is 4.79 Å². The van der Waals surface area contributed by atoms with Gasteiger partial charge in [0.1, 0.15) is 0 Å². The van der Waals surface area contributed by atoms with E-state index in [0.29, 0.717) is 18.1 Å². The van der Waals surface area contributed by atoms with Crippen LogP contribution in [0.4, 0.5) is 5.95 Å². The highest BCUT2D eigenvalue weighted by atomic mass is 16.1. The number of anilines is 1. The molecule has 5 nitrogen and oxygen atoms in total. The van der Waals surface area contributed by atoms with Gasteiger partial charge in [0.05, 0.1) is 5.56 Å². The largest absolute Gasteiger partial charge is 0.354 e. The van der Waals surface area contributed by atoms with Gasteiger partial charge in [0.25, 0.3) is 5.91 Å². The molecule has 110 valence electrons. The van der Waals surface area contributed by atoms with Crippen molar-refractivity contribution in [3.63, 3.8) is 0 Å². The van der Waals surface area contributed by atoms with Gasteiger partial charge in [-0.2, -0.15) is 0 Å². The number of hydrogen-bond acceptors (Lipinski definition) is 4. The maximum absolute atomic E-state index is 11.9. The lowest BCUT2D eigenvalue weighted by molar-refractivity contribution is 0.0953. The zero-order valence-electron chi connectivity index (χ0n) is 12.2. The van der Waals surface area contributed by atoms with Gasteiger partial charge in [-0.1, -0.05) is 37.3 Å². The lowest BCUT2D eigenvalue weighted by Gasteiger charge is -2.06. The molecule has 1 heterocycles. The molecule has 0 saturated heterocycles. The van der Waals surface area contributed by atoms with Gasteiger partial charge in [0, 0.05) is 25.5 Å². The molecule has 1 aromatic carbocycles. The highest BCUT2D eigenvalue weighted by molar-refractivity contribution is 5.93. The van der Waals surface area contributed by atoms with Crippen LogP contribution in [-0.4, -0.2) is 29.0 Å². The molecular weight excluding hydrogens is 264 g/mol. The summed E-state index contributed by atoms with van der Waals surface area (Å²) in [6.07, 6.45) is 4.90. The Hall–Kier alpha value is -2.43. The Balaban J connectivity index is 1.80. The summed E-state index contributed by atoms with van der Waals surface area (Å²) in [6.45, 7) is 3.49. The summed E-state index contributed by atoms with van der Waals surface area (Å²) in [7, 11) is 0. The molecule has 1 amide bonds. The number of rotatable bonds is 7. The number of carbonyl (C=O) groups excluding carboxylic acids is 1. The molecule has 21 heavy (non-hydrogen) atoms. The molecule has 0 aliphatic rings. The number of amides is 1. The number of benzene rings is 1. The van der Waals surface area contributed by atoms with Crippen LogP contribution in [0.15, 0.2) is 42.7 Å². The molecule has 5 heteroatoms. The molecule has 0 spiro atoms. The second-order valence-corrected chi connectivity index (χ2v) is 4.71. The summed E-state index contributed by atoms with van der Waals surface area (Å²) >= 11 is 0. The van der Waals surface area contributed by atoms with Crippen LogP contribution in [0.25, 0.3) is 0 Å². The SMILES string of the molecule is CCCNc1ncc(C(=O)NCCc2ccccc2)cn1. The molecule has 0 aliphatic heterocycles. The monoisotopic (exact) mass is 284 g/mol. The van der Waals surface area contributed by atoms with Gasteiger partial charge in [-0.05, 0) is 18.4 Å². The van der Waals surface area contributed by atoms with Crippen LogP contribution < -0.4 is 10.6 Å². The van der Waals surface area contributed by atoms with E-state index in [-0.39, 0.29) is 5.91 Å². The zero-order valence-corrected chi connectivity index (χ0v) is 12.2. The van der Waals surface area contributed by atoms with Crippen LogP contribution >= 0.6 is 0 Å². The molecule has 0 saturated carbocycles. The van der Waals surface area contributed by atoms with Gasteiger partial charge in [0.2, 0.25) is 5.95 Å². The van der Waals surface area contributed by atoms with Gasteiger partial charge < -0.3 is 10.6 Å². The fourth-order valence-electron chi connectivity index (χ4n) is 1.84. The lowest BCUT2D eigenvalue weighted by atomic mass is 10.1. The van der Waals surface area contributed by atoms with E-state index in [4.69, 9.17) is 0 Å². The van der Waals surface area contributed by atoms with Crippen LogP contribution in [0, 0.1) is 0 Å². The van der Waals surface area contributed by atoms with Gasteiger partial charge >= 0.3 is 0 Å². The first-order valence-electron chi connectivity index (χ1n) is 7.17. The average Bonchev–Trinajstić information content (AvgIpc) is 2.54. The third-order valence-corrected chi connectivity index (χ3v) is 2.99. The third kappa shape index (κ3) is 4.87. The molecule has 0 bridgehead atoms. The molecule has 2 rings (SSSR count). The summed E-state index contributed by atoms with van der Waals surface area (Å²) < 4.78 is 0. The van der Waals surface area contributed by atoms with Crippen molar-refractivity contribution in [2.75, 3.05) is 18.4 Å². The van der Waals surface area contributed by atoms with Crippen molar-refractivity contribution in [2.45, 2.75) is 19.8 Å². The fourth-order valence-corrected chi connectivity index (χ4v) is 1.84. The number of nitrogens with one attached hydrogen (secondary N) is 2. The molecule has 0 unspecified atom stereocenters. The first kappa shape index (κ1) is 15.0. The second kappa shape index (κ2) is 7.99. The van der Waals surface area contributed by atoms with Crippen LogP contribution in [0.2, 0.25) is 0 Å². The quantitative estimate of drug-likeness (QED) is 0.818. The van der Waals surface area contributed by atoms with Crippen LogP contribution in [0.3, 0.4) is 0 Å². The van der Waals surface area contributed by atoms with Crippen molar-refractivity contribution in [1.29, 1.82) is 0 Å². The summed E-state index contributed by atoms with van der Waals surface area (Å²) in [5.41, 5.74) is 1.68. The lowest BCUT2D eigenvalue weighted by Crippen LogP contribution is -2.26. The highest BCUT2D eigenvalue weighted by Gasteiger charge is 2.06. The smallest absolute Gasteiger partial charge is 0.254 e. The molecule has 0 radical (unpaired) electrons. The van der Waals surface area contributed by atoms with Crippen molar-refractivity contribution in [3.8, 4) is 0 Å². The van der Waals surface area contributed by atoms with E-state index in [0.717, 1.165) is 19.4 Å². The third-order valence-electron chi connectivity index (χ3n) is 2.99. The summed E-state index contributed by atoms with van der Waals surface area (Å²) in [5.74, 6) is 0.408. The Morgan fingerprint density at radius 2 is 1.81 bits per heavy atom. The van der Waals surface area contributed by atoms with E-state index in [1.165, 1.54) is 5.56 Å². The molecule has 1 aromatic heterocycles. The van der Waals surface area contributed by atoms with Gasteiger partial charge in [-0.15, -0.1) is 0 Å². The van der Waals surface area contributed by atoms with Gasteiger partial charge in [0.15, 0.2) is 0 Å². The van der Waals surface area contributed by atoms with E-state index >= 15 is 0 Å². The standard InChI is InChI=1S/C16H20N4O/c1-2-9-18-16-19-11-14(12-20-16)15(21)17-10-8-13-6-4-3-5-7-13/h3-7,11-12H,2,8-10H2,1H3,(H,17,21)(H,18,19,20). The van der Waals surface area contributed by atoms with E-state index < -0.39 is 0 Å². The minimum absolute atomic E-state index is 0.145. The Morgan fingerprint density at radius 3 is 2.48 bits per heavy atom. The predicted molar refractivity (Wildman–Crippen MR) is 83.3 cm³/mol. The molecule has 0 atom stereocenters. The van der Waals surface area contributed by atoms with Crippen molar-refractivity contribution in [3.05, 3.63) is 53.9 Å². The molecule has 0 aliphatic carbocycles.